The summed E-state index contributed by atoms with van der Waals surface area (Å²) in [5, 5.41) is 12.4. The van der Waals surface area contributed by atoms with Crippen molar-refractivity contribution in [1.29, 1.82) is 0 Å². The molecular formula is C9H19N3OS. The number of aliphatic hydroxyl groups excluding tert-OH is 1. The lowest BCUT2D eigenvalue weighted by molar-refractivity contribution is 0.206. The molecule has 4 nitrogen and oxygen atoms in total. The second kappa shape index (κ2) is 6.14. The van der Waals surface area contributed by atoms with Crippen molar-refractivity contribution in [3.63, 3.8) is 0 Å². The Labute approximate surface area is 89.8 Å². The van der Waals surface area contributed by atoms with Crippen LogP contribution in [0.25, 0.3) is 0 Å². The average Bonchev–Trinajstić information content (AvgIpc) is 2.67. The quantitative estimate of drug-likeness (QED) is 0.406. The summed E-state index contributed by atoms with van der Waals surface area (Å²) in [6.07, 6.45) is 4.26. The number of hydrogen-bond acceptors (Lipinski definition) is 3. The number of hydrogen-bond donors (Lipinski definition) is 2. The minimum Gasteiger partial charge on any atom is -0.394 e. The highest BCUT2D eigenvalue weighted by atomic mass is 32.2. The van der Waals surface area contributed by atoms with E-state index in [1.807, 2.05) is 6.26 Å². The van der Waals surface area contributed by atoms with Crippen LogP contribution in [-0.4, -0.2) is 54.3 Å². The van der Waals surface area contributed by atoms with Gasteiger partial charge in [0.25, 0.3) is 0 Å². The zero-order valence-corrected chi connectivity index (χ0v) is 9.68. The highest BCUT2D eigenvalue weighted by molar-refractivity contribution is 7.98. The second-order valence-electron chi connectivity index (χ2n) is 3.33. The Balaban J connectivity index is 2.51. The molecule has 0 aromatic rings. The monoisotopic (exact) mass is 217 g/mol. The van der Waals surface area contributed by atoms with Crippen LogP contribution in [0, 0.1) is 0 Å². The van der Waals surface area contributed by atoms with Gasteiger partial charge in [0.05, 0.1) is 18.5 Å². The van der Waals surface area contributed by atoms with E-state index in [0.717, 1.165) is 31.2 Å². The zero-order valence-electron chi connectivity index (χ0n) is 8.86. The van der Waals surface area contributed by atoms with Crippen molar-refractivity contribution >= 4 is 17.7 Å². The van der Waals surface area contributed by atoms with Gasteiger partial charge in [-0.3, -0.25) is 4.99 Å². The summed E-state index contributed by atoms with van der Waals surface area (Å²) in [5.74, 6) is 1.78. The Morgan fingerprint density at radius 3 is 3.07 bits per heavy atom. The van der Waals surface area contributed by atoms with Crippen molar-refractivity contribution < 1.29 is 5.11 Å². The van der Waals surface area contributed by atoms with Gasteiger partial charge in [-0.2, -0.15) is 0 Å². The molecule has 1 heterocycles. The Hall–Kier alpha value is -0.420. The summed E-state index contributed by atoms with van der Waals surface area (Å²) in [7, 11) is 1.79. The smallest absolute Gasteiger partial charge is 0.194 e. The van der Waals surface area contributed by atoms with Gasteiger partial charge in [-0.15, -0.1) is 11.8 Å². The highest BCUT2D eigenvalue weighted by Gasteiger charge is 2.25. The third-order valence-corrected chi connectivity index (χ3v) is 2.88. The van der Waals surface area contributed by atoms with Crippen molar-refractivity contribution in [2.75, 3.05) is 32.3 Å². The van der Waals surface area contributed by atoms with Crippen LogP contribution in [0.15, 0.2) is 4.99 Å². The second-order valence-corrected chi connectivity index (χ2v) is 4.20. The first kappa shape index (κ1) is 11.7. The van der Waals surface area contributed by atoms with Crippen LogP contribution in [0.3, 0.4) is 0 Å². The summed E-state index contributed by atoms with van der Waals surface area (Å²) in [6.45, 7) is 1.22. The molecule has 0 aliphatic carbocycles. The van der Waals surface area contributed by atoms with Crippen molar-refractivity contribution in [3.05, 3.63) is 0 Å². The lowest BCUT2D eigenvalue weighted by Gasteiger charge is -2.26. The van der Waals surface area contributed by atoms with Gasteiger partial charge in [0, 0.05) is 13.6 Å². The Morgan fingerprint density at radius 2 is 2.50 bits per heavy atom. The number of thioether (sulfide) groups is 1. The Bertz CT molecular complexity index is 198. The van der Waals surface area contributed by atoms with Crippen LogP contribution in [0.1, 0.15) is 12.8 Å². The minimum atomic E-state index is 0.222. The molecule has 0 unspecified atom stereocenters. The SMILES string of the molecule is CN=C(NCSC)N1CCC[C@H]1CO. The molecule has 14 heavy (non-hydrogen) atoms. The number of rotatable bonds is 3. The predicted octanol–water partition coefficient (Wildman–Crippen LogP) is 0.339. The molecule has 1 saturated heterocycles. The molecule has 0 aromatic heterocycles. The van der Waals surface area contributed by atoms with Crippen molar-refractivity contribution in [3.8, 4) is 0 Å². The normalized spacial score (nSPS) is 22.9. The summed E-state index contributed by atoms with van der Waals surface area (Å²) in [6, 6.07) is 0.253. The lowest BCUT2D eigenvalue weighted by atomic mass is 10.2. The maximum Gasteiger partial charge on any atom is 0.194 e. The van der Waals surface area contributed by atoms with Crippen LogP contribution < -0.4 is 5.32 Å². The Morgan fingerprint density at radius 1 is 1.71 bits per heavy atom. The van der Waals surface area contributed by atoms with Gasteiger partial charge in [-0.05, 0) is 19.1 Å². The highest BCUT2D eigenvalue weighted by Crippen LogP contribution is 2.16. The fourth-order valence-corrected chi connectivity index (χ4v) is 2.02. The molecular weight excluding hydrogens is 198 g/mol. The maximum absolute atomic E-state index is 9.18. The molecule has 1 aliphatic rings. The van der Waals surface area contributed by atoms with Gasteiger partial charge in [0.2, 0.25) is 0 Å². The van der Waals surface area contributed by atoms with Crippen molar-refractivity contribution in [2.45, 2.75) is 18.9 Å². The molecule has 1 fully saturated rings. The topological polar surface area (TPSA) is 47.9 Å². The van der Waals surface area contributed by atoms with Crippen LogP contribution >= 0.6 is 11.8 Å². The summed E-state index contributed by atoms with van der Waals surface area (Å²) >= 11 is 1.73. The Kier molecular flexibility index (Phi) is 5.11. The fourth-order valence-electron chi connectivity index (χ4n) is 1.75. The van der Waals surface area contributed by atoms with E-state index < -0.39 is 0 Å². The zero-order chi connectivity index (χ0) is 10.4. The third kappa shape index (κ3) is 2.78. The van der Waals surface area contributed by atoms with E-state index in [4.69, 9.17) is 0 Å². The van der Waals surface area contributed by atoms with Crippen LogP contribution in [0.4, 0.5) is 0 Å². The number of guanidine groups is 1. The number of likely N-dealkylation sites (tertiary alicyclic amines) is 1. The van der Waals surface area contributed by atoms with Crippen LogP contribution in [0.2, 0.25) is 0 Å². The first-order chi connectivity index (χ1) is 6.83. The van der Waals surface area contributed by atoms with Gasteiger partial charge in [0.1, 0.15) is 0 Å². The first-order valence-corrected chi connectivity index (χ1v) is 6.30. The number of aliphatic hydroxyl groups is 1. The van der Waals surface area contributed by atoms with E-state index in [2.05, 4.69) is 15.2 Å². The predicted molar refractivity (Wildman–Crippen MR) is 61.7 cm³/mol. The molecule has 0 saturated carbocycles. The van der Waals surface area contributed by atoms with E-state index in [1.54, 1.807) is 18.8 Å². The number of aliphatic imine (C=N–C) groups is 1. The first-order valence-electron chi connectivity index (χ1n) is 4.90. The molecule has 1 atom stereocenters. The fraction of sp³-hybridized carbons (Fsp3) is 0.889. The van der Waals surface area contributed by atoms with Crippen LogP contribution in [-0.2, 0) is 0 Å². The maximum atomic E-state index is 9.18. The molecule has 1 aliphatic heterocycles. The third-order valence-electron chi connectivity index (χ3n) is 2.45. The largest absolute Gasteiger partial charge is 0.394 e. The number of nitrogens with zero attached hydrogens (tertiary/aromatic N) is 2. The van der Waals surface area contributed by atoms with Gasteiger partial charge in [0.15, 0.2) is 5.96 Å². The summed E-state index contributed by atoms with van der Waals surface area (Å²) in [5.41, 5.74) is 0. The molecule has 1 rings (SSSR count). The molecule has 0 bridgehead atoms. The van der Waals surface area contributed by atoms with Gasteiger partial charge in [-0.1, -0.05) is 0 Å². The van der Waals surface area contributed by atoms with Crippen molar-refractivity contribution in [1.82, 2.24) is 10.2 Å². The van der Waals surface area contributed by atoms with Gasteiger partial charge >= 0.3 is 0 Å². The summed E-state index contributed by atoms with van der Waals surface area (Å²) in [4.78, 5) is 6.38. The van der Waals surface area contributed by atoms with E-state index >= 15 is 0 Å². The lowest BCUT2D eigenvalue weighted by Crippen LogP contribution is -2.45. The average molecular weight is 217 g/mol. The van der Waals surface area contributed by atoms with E-state index in [9.17, 15) is 5.11 Å². The minimum absolute atomic E-state index is 0.222. The van der Waals surface area contributed by atoms with E-state index in [1.165, 1.54) is 0 Å². The van der Waals surface area contributed by atoms with Crippen molar-refractivity contribution in [2.24, 2.45) is 4.99 Å². The molecule has 0 amide bonds. The van der Waals surface area contributed by atoms with E-state index in [-0.39, 0.29) is 12.6 Å². The van der Waals surface area contributed by atoms with Gasteiger partial charge in [-0.25, -0.2) is 0 Å². The number of nitrogens with one attached hydrogen (secondary N) is 1. The molecule has 0 spiro atoms. The van der Waals surface area contributed by atoms with Gasteiger partial charge < -0.3 is 15.3 Å². The molecule has 82 valence electrons. The molecule has 5 heteroatoms. The standard InChI is InChI=1S/C9H19N3OS/c1-10-9(11-7-14-2)12-5-3-4-8(12)6-13/h8,13H,3-7H2,1-2H3,(H,10,11)/t8-/m0/s1. The van der Waals surface area contributed by atoms with E-state index in [0.29, 0.717) is 0 Å². The molecule has 2 N–H and O–H groups in total. The molecule has 0 radical (unpaired) electrons. The summed E-state index contributed by atoms with van der Waals surface area (Å²) < 4.78 is 0. The molecule has 0 aromatic carbocycles. The van der Waals surface area contributed by atoms with Crippen LogP contribution in [0.5, 0.6) is 0 Å².